The van der Waals surface area contributed by atoms with Crippen LogP contribution in [0.25, 0.3) is 6.08 Å². The van der Waals surface area contributed by atoms with Crippen LogP contribution in [0, 0.1) is 0 Å². The molecule has 1 heterocycles. The van der Waals surface area contributed by atoms with Gasteiger partial charge in [0.2, 0.25) is 0 Å². The second-order valence-corrected chi connectivity index (χ2v) is 10.1. The maximum absolute atomic E-state index is 13.1. The Kier molecular flexibility index (Phi) is 8.06. The summed E-state index contributed by atoms with van der Waals surface area (Å²) in [7, 11) is 0. The Morgan fingerprint density at radius 2 is 1.68 bits per heavy atom. The number of hydrogen-bond acceptors (Lipinski definition) is 5. The van der Waals surface area contributed by atoms with Crippen LogP contribution in [0.5, 0.6) is 11.5 Å². The predicted octanol–water partition coefficient (Wildman–Crippen LogP) is 8.03. The average molecular weight is 551 g/mol. The van der Waals surface area contributed by atoms with Gasteiger partial charge < -0.3 is 9.47 Å². The van der Waals surface area contributed by atoms with Crippen molar-refractivity contribution in [1.82, 2.24) is 0 Å². The second kappa shape index (κ2) is 11.0. The van der Waals surface area contributed by atoms with Crippen molar-refractivity contribution in [1.29, 1.82) is 0 Å². The molecule has 0 saturated carbocycles. The molecule has 1 saturated heterocycles. The Morgan fingerprint density at radius 3 is 2.38 bits per heavy atom. The average Bonchev–Trinajstić information content (AvgIpc) is 3.07. The molecule has 1 aliphatic heterocycles. The summed E-state index contributed by atoms with van der Waals surface area (Å²) in [5.41, 5.74) is 2.27. The van der Waals surface area contributed by atoms with Gasteiger partial charge in [-0.2, -0.15) is 0 Å². The highest BCUT2D eigenvalue weighted by molar-refractivity contribution is 8.27. The SMILES string of the molecule is CCOc1cc(/C=C2\SC(=S)N(c3ccc(Cl)cc3Cl)C2=O)ccc1OCc1ccc(Cl)cc1. The zero-order valence-electron chi connectivity index (χ0n) is 17.9. The number of nitrogens with zero attached hydrogens (tertiary/aromatic N) is 1. The molecule has 9 heteroatoms. The Labute approximate surface area is 222 Å². The topological polar surface area (TPSA) is 38.8 Å². The first-order valence-corrected chi connectivity index (χ1v) is 12.6. The summed E-state index contributed by atoms with van der Waals surface area (Å²) in [4.78, 5) is 15.0. The zero-order chi connectivity index (χ0) is 24.2. The molecule has 1 fully saturated rings. The fourth-order valence-corrected chi connectivity index (χ4v) is 5.14. The summed E-state index contributed by atoms with van der Waals surface area (Å²) >= 11 is 24.9. The van der Waals surface area contributed by atoms with Gasteiger partial charge in [0.05, 0.1) is 22.2 Å². The molecule has 0 N–H and O–H groups in total. The lowest BCUT2D eigenvalue weighted by Crippen LogP contribution is -2.27. The van der Waals surface area contributed by atoms with Crippen molar-refractivity contribution in [3.63, 3.8) is 0 Å². The van der Waals surface area contributed by atoms with Crippen molar-refractivity contribution in [2.45, 2.75) is 13.5 Å². The van der Waals surface area contributed by atoms with E-state index in [2.05, 4.69) is 0 Å². The molecular formula is C25H18Cl3NO3S2. The zero-order valence-corrected chi connectivity index (χ0v) is 21.8. The maximum atomic E-state index is 13.1. The van der Waals surface area contributed by atoms with E-state index < -0.39 is 0 Å². The van der Waals surface area contributed by atoms with Crippen molar-refractivity contribution in [3.05, 3.63) is 91.8 Å². The van der Waals surface area contributed by atoms with Crippen molar-refractivity contribution in [2.24, 2.45) is 0 Å². The van der Waals surface area contributed by atoms with Gasteiger partial charge in [0.1, 0.15) is 6.61 Å². The van der Waals surface area contributed by atoms with Crippen LogP contribution in [-0.2, 0) is 11.4 Å². The first kappa shape index (κ1) is 24.9. The summed E-state index contributed by atoms with van der Waals surface area (Å²) in [5.74, 6) is 0.941. The van der Waals surface area contributed by atoms with Crippen LogP contribution >= 0.6 is 58.8 Å². The predicted molar refractivity (Wildman–Crippen MR) is 146 cm³/mol. The number of halogens is 3. The number of hydrogen-bond donors (Lipinski definition) is 0. The van der Waals surface area contributed by atoms with E-state index in [0.717, 1.165) is 11.1 Å². The third kappa shape index (κ3) is 5.70. The molecule has 0 radical (unpaired) electrons. The normalized spacial score (nSPS) is 14.7. The fourth-order valence-electron chi connectivity index (χ4n) is 3.23. The highest BCUT2D eigenvalue weighted by atomic mass is 35.5. The number of anilines is 1. The first-order chi connectivity index (χ1) is 16.4. The van der Waals surface area contributed by atoms with Crippen LogP contribution in [0.15, 0.2) is 65.6 Å². The van der Waals surface area contributed by atoms with Gasteiger partial charge in [-0.25, -0.2) is 0 Å². The van der Waals surface area contributed by atoms with Crippen molar-refractivity contribution in [2.75, 3.05) is 11.5 Å². The molecule has 1 aliphatic rings. The van der Waals surface area contributed by atoms with Crippen LogP contribution in [0.2, 0.25) is 15.1 Å². The highest BCUT2D eigenvalue weighted by Gasteiger charge is 2.34. The van der Waals surface area contributed by atoms with E-state index in [1.54, 1.807) is 24.3 Å². The summed E-state index contributed by atoms with van der Waals surface area (Å²) in [6, 6.07) is 17.9. The minimum absolute atomic E-state index is 0.250. The molecule has 0 aliphatic carbocycles. The number of carbonyl (C=O) groups is 1. The Bertz CT molecular complexity index is 1280. The number of benzene rings is 3. The summed E-state index contributed by atoms with van der Waals surface area (Å²) in [5, 5.41) is 1.51. The summed E-state index contributed by atoms with van der Waals surface area (Å²) < 4.78 is 12.1. The minimum atomic E-state index is -0.250. The van der Waals surface area contributed by atoms with E-state index in [1.165, 1.54) is 16.7 Å². The van der Waals surface area contributed by atoms with Crippen LogP contribution in [0.1, 0.15) is 18.1 Å². The van der Waals surface area contributed by atoms with Gasteiger partial charge in [-0.15, -0.1) is 0 Å². The molecule has 4 rings (SSSR count). The van der Waals surface area contributed by atoms with Crippen LogP contribution in [0.4, 0.5) is 5.69 Å². The standard InChI is InChI=1S/C25H18Cl3NO3S2/c1-2-31-22-11-16(5-10-21(22)32-14-15-3-6-17(26)7-4-15)12-23-24(30)29(25(33)34-23)20-9-8-18(27)13-19(20)28/h3-13H,2,14H2,1H3/b23-12-. The van der Waals surface area contributed by atoms with E-state index >= 15 is 0 Å². The number of thioether (sulfide) groups is 1. The molecule has 3 aromatic carbocycles. The number of amides is 1. The molecule has 0 aromatic heterocycles. The largest absolute Gasteiger partial charge is 0.490 e. The van der Waals surface area contributed by atoms with Gasteiger partial charge >= 0.3 is 0 Å². The molecule has 0 atom stereocenters. The third-order valence-electron chi connectivity index (χ3n) is 4.82. The molecule has 34 heavy (non-hydrogen) atoms. The summed E-state index contributed by atoms with van der Waals surface area (Å²) in [6.07, 6.45) is 1.77. The van der Waals surface area contributed by atoms with E-state index in [1.807, 2.05) is 49.4 Å². The van der Waals surface area contributed by atoms with E-state index in [0.29, 0.717) is 54.7 Å². The molecule has 4 nitrogen and oxygen atoms in total. The van der Waals surface area contributed by atoms with Gasteiger partial charge in [-0.1, -0.05) is 77.0 Å². The van der Waals surface area contributed by atoms with Crippen molar-refractivity contribution >= 4 is 80.8 Å². The van der Waals surface area contributed by atoms with Gasteiger partial charge in [-0.05, 0) is 66.6 Å². The van der Waals surface area contributed by atoms with E-state index in [4.69, 9.17) is 56.5 Å². The Hall–Kier alpha value is -2.22. The van der Waals surface area contributed by atoms with Gasteiger partial charge in [-0.3, -0.25) is 9.69 Å². The molecule has 0 unspecified atom stereocenters. The van der Waals surface area contributed by atoms with Crippen LogP contribution < -0.4 is 14.4 Å². The number of rotatable bonds is 7. The molecule has 1 amide bonds. The minimum Gasteiger partial charge on any atom is -0.490 e. The Morgan fingerprint density at radius 1 is 0.941 bits per heavy atom. The third-order valence-corrected chi connectivity index (χ3v) is 6.91. The first-order valence-electron chi connectivity index (χ1n) is 10.2. The molecule has 174 valence electrons. The maximum Gasteiger partial charge on any atom is 0.270 e. The second-order valence-electron chi connectivity index (χ2n) is 7.17. The van der Waals surface area contributed by atoms with Gasteiger partial charge in [0.15, 0.2) is 15.8 Å². The monoisotopic (exact) mass is 549 g/mol. The number of thiocarbonyl (C=S) groups is 1. The lowest BCUT2D eigenvalue weighted by molar-refractivity contribution is -0.113. The highest BCUT2D eigenvalue weighted by Crippen LogP contribution is 2.40. The van der Waals surface area contributed by atoms with Crippen molar-refractivity contribution in [3.8, 4) is 11.5 Å². The van der Waals surface area contributed by atoms with E-state index in [-0.39, 0.29) is 5.91 Å². The van der Waals surface area contributed by atoms with Gasteiger partial charge in [0, 0.05) is 10.0 Å². The number of ether oxygens (including phenoxy) is 2. The quantitative estimate of drug-likeness (QED) is 0.220. The lowest BCUT2D eigenvalue weighted by atomic mass is 10.1. The fraction of sp³-hybridized carbons (Fsp3) is 0.120. The lowest BCUT2D eigenvalue weighted by Gasteiger charge is -2.16. The molecular weight excluding hydrogens is 533 g/mol. The van der Waals surface area contributed by atoms with E-state index in [9.17, 15) is 4.79 Å². The summed E-state index contributed by atoms with van der Waals surface area (Å²) in [6.45, 7) is 2.74. The molecule has 3 aromatic rings. The van der Waals surface area contributed by atoms with Crippen LogP contribution in [0.3, 0.4) is 0 Å². The van der Waals surface area contributed by atoms with Crippen molar-refractivity contribution < 1.29 is 14.3 Å². The van der Waals surface area contributed by atoms with Crippen LogP contribution in [-0.4, -0.2) is 16.8 Å². The van der Waals surface area contributed by atoms with Gasteiger partial charge in [0.25, 0.3) is 5.91 Å². The smallest absolute Gasteiger partial charge is 0.270 e. The Balaban J connectivity index is 1.56. The molecule has 0 bridgehead atoms. The number of carbonyl (C=O) groups excluding carboxylic acids is 1. The molecule has 0 spiro atoms.